The number of ether oxygens (including phenoxy) is 2. The molecule has 2 rings (SSSR count). The fourth-order valence-electron chi connectivity index (χ4n) is 2.71. The summed E-state index contributed by atoms with van der Waals surface area (Å²) in [5, 5.41) is 3.71. The van der Waals surface area contributed by atoms with Crippen molar-refractivity contribution < 1.29 is 9.47 Å². The highest BCUT2D eigenvalue weighted by Gasteiger charge is 2.34. The normalized spacial score (nSPS) is 30.3. The molecule has 2 fully saturated rings. The van der Waals surface area contributed by atoms with Gasteiger partial charge < -0.3 is 14.8 Å². The lowest BCUT2D eigenvalue weighted by Crippen LogP contribution is -2.42. The van der Waals surface area contributed by atoms with Gasteiger partial charge in [0, 0.05) is 32.3 Å². The molecular formula is C14H28N2O2. The molecule has 2 atom stereocenters. The van der Waals surface area contributed by atoms with Crippen molar-refractivity contribution in [3.63, 3.8) is 0 Å². The van der Waals surface area contributed by atoms with Crippen LogP contribution in [-0.4, -0.2) is 63.5 Å². The molecule has 18 heavy (non-hydrogen) atoms. The standard InChI is InChI=1S/C14H28N2O2/c1-12-5-6-15-14(13-3-4-13)11-16(12)7-8-18-10-9-17-2/h12-15H,3-11H2,1-2H3. The Morgan fingerprint density at radius 2 is 2.00 bits per heavy atom. The monoisotopic (exact) mass is 256 g/mol. The summed E-state index contributed by atoms with van der Waals surface area (Å²) < 4.78 is 10.6. The van der Waals surface area contributed by atoms with Crippen LogP contribution in [0.25, 0.3) is 0 Å². The lowest BCUT2D eigenvalue weighted by atomic mass is 10.1. The van der Waals surface area contributed by atoms with E-state index in [0.29, 0.717) is 25.3 Å². The smallest absolute Gasteiger partial charge is 0.0700 e. The first-order valence-corrected chi connectivity index (χ1v) is 7.35. The quantitative estimate of drug-likeness (QED) is 0.692. The van der Waals surface area contributed by atoms with Crippen LogP contribution < -0.4 is 5.32 Å². The SMILES string of the molecule is COCCOCCN1CC(C2CC2)NCCC1C. The molecule has 1 saturated carbocycles. The van der Waals surface area contributed by atoms with Gasteiger partial charge in [-0.25, -0.2) is 0 Å². The van der Waals surface area contributed by atoms with Crippen molar-refractivity contribution in [2.75, 3.05) is 46.6 Å². The van der Waals surface area contributed by atoms with Crippen LogP contribution in [0.2, 0.25) is 0 Å². The molecule has 4 heteroatoms. The highest BCUT2D eigenvalue weighted by Crippen LogP contribution is 2.33. The first-order chi connectivity index (χ1) is 8.81. The Bertz CT molecular complexity index is 234. The van der Waals surface area contributed by atoms with Crippen molar-refractivity contribution >= 4 is 0 Å². The molecule has 4 nitrogen and oxygen atoms in total. The molecule has 0 bridgehead atoms. The van der Waals surface area contributed by atoms with Crippen LogP contribution in [-0.2, 0) is 9.47 Å². The fraction of sp³-hybridized carbons (Fsp3) is 1.00. The number of rotatable bonds is 7. The maximum atomic E-state index is 5.59. The van der Waals surface area contributed by atoms with Gasteiger partial charge >= 0.3 is 0 Å². The largest absolute Gasteiger partial charge is 0.382 e. The minimum Gasteiger partial charge on any atom is -0.382 e. The number of methoxy groups -OCH3 is 1. The first-order valence-electron chi connectivity index (χ1n) is 7.35. The van der Waals surface area contributed by atoms with Crippen LogP contribution in [0.4, 0.5) is 0 Å². The van der Waals surface area contributed by atoms with Crippen LogP contribution in [0, 0.1) is 5.92 Å². The lowest BCUT2D eigenvalue weighted by Gasteiger charge is -2.29. The van der Waals surface area contributed by atoms with Gasteiger partial charge in [-0.1, -0.05) is 0 Å². The van der Waals surface area contributed by atoms with E-state index in [4.69, 9.17) is 9.47 Å². The molecule has 1 saturated heterocycles. The molecular weight excluding hydrogens is 228 g/mol. The maximum Gasteiger partial charge on any atom is 0.0700 e. The third-order valence-corrected chi connectivity index (χ3v) is 4.17. The Hall–Kier alpha value is -0.160. The van der Waals surface area contributed by atoms with Gasteiger partial charge in [-0.3, -0.25) is 4.90 Å². The fourth-order valence-corrected chi connectivity index (χ4v) is 2.71. The summed E-state index contributed by atoms with van der Waals surface area (Å²) in [7, 11) is 1.71. The van der Waals surface area contributed by atoms with Crippen molar-refractivity contribution in [3.05, 3.63) is 0 Å². The average Bonchev–Trinajstić information content (AvgIpc) is 3.18. The molecule has 0 aromatic carbocycles. The molecule has 0 amide bonds. The Labute approximate surface area is 111 Å². The van der Waals surface area contributed by atoms with Crippen molar-refractivity contribution in [1.82, 2.24) is 10.2 Å². The topological polar surface area (TPSA) is 33.7 Å². The van der Waals surface area contributed by atoms with Gasteiger partial charge in [0.2, 0.25) is 0 Å². The molecule has 1 N–H and O–H groups in total. The van der Waals surface area contributed by atoms with Crippen LogP contribution >= 0.6 is 0 Å². The third-order valence-electron chi connectivity index (χ3n) is 4.17. The molecule has 0 radical (unpaired) electrons. The molecule has 2 unspecified atom stereocenters. The zero-order chi connectivity index (χ0) is 12.8. The summed E-state index contributed by atoms with van der Waals surface area (Å²) in [6.45, 7) is 7.99. The summed E-state index contributed by atoms with van der Waals surface area (Å²) in [5.41, 5.74) is 0. The highest BCUT2D eigenvalue weighted by atomic mass is 16.5. The summed E-state index contributed by atoms with van der Waals surface area (Å²) in [5.74, 6) is 0.937. The van der Waals surface area contributed by atoms with E-state index in [0.717, 1.165) is 19.1 Å². The molecule has 106 valence electrons. The summed E-state index contributed by atoms with van der Waals surface area (Å²) in [6.07, 6.45) is 4.09. The lowest BCUT2D eigenvalue weighted by molar-refractivity contribution is 0.0501. The van der Waals surface area contributed by atoms with Gasteiger partial charge in [0.25, 0.3) is 0 Å². The molecule has 0 spiro atoms. The second-order valence-corrected chi connectivity index (χ2v) is 5.64. The van der Waals surface area contributed by atoms with Crippen LogP contribution in [0.3, 0.4) is 0 Å². The van der Waals surface area contributed by atoms with Crippen molar-refractivity contribution in [3.8, 4) is 0 Å². The summed E-state index contributed by atoms with van der Waals surface area (Å²) in [6, 6.07) is 1.39. The van der Waals surface area contributed by atoms with Crippen LogP contribution in [0.5, 0.6) is 0 Å². The molecule has 1 aliphatic heterocycles. The zero-order valence-corrected chi connectivity index (χ0v) is 11.9. The predicted molar refractivity (Wildman–Crippen MR) is 72.9 cm³/mol. The van der Waals surface area contributed by atoms with Gasteiger partial charge in [-0.15, -0.1) is 0 Å². The van der Waals surface area contributed by atoms with Gasteiger partial charge in [-0.2, -0.15) is 0 Å². The van der Waals surface area contributed by atoms with Crippen molar-refractivity contribution in [2.45, 2.75) is 38.3 Å². The Morgan fingerprint density at radius 3 is 2.72 bits per heavy atom. The Morgan fingerprint density at radius 1 is 1.17 bits per heavy atom. The van der Waals surface area contributed by atoms with E-state index in [1.807, 2.05) is 0 Å². The molecule has 0 aromatic heterocycles. The van der Waals surface area contributed by atoms with Gasteiger partial charge in [-0.05, 0) is 38.6 Å². The van der Waals surface area contributed by atoms with E-state index in [9.17, 15) is 0 Å². The van der Waals surface area contributed by atoms with Crippen LogP contribution in [0.1, 0.15) is 26.2 Å². The first kappa shape index (κ1) is 14.3. The second kappa shape index (κ2) is 7.43. The van der Waals surface area contributed by atoms with E-state index >= 15 is 0 Å². The average molecular weight is 256 g/mol. The minimum atomic E-state index is 0.673. The third kappa shape index (κ3) is 4.50. The van der Waals surface area contributed by atoms with Crippen LogP contribution in [0.15, 0.2) is 0 Å². The molecule has 1 aliphatic carbocycles. The van der Waals surface area contributed by atoms with Gasteiger partial charge in [0.05, 0.1) is 19.8 Å². The number of nitrogens with one attached hydrogen (secondary N) is 1. The molecule has 0 aromatic rings. The second-order valence-electron chi connectivity index (χ2n) is 5.64. The van der Waals surface area contributed by atoms with E-state index in [1.54, 1.807) is 7.11 Å². The van der Waals surface area contributed by atoms with E-state index < -0.39 is 0 Å². The predicted octanol–water partition coefficient (Wildman–Crippen LogP) is 1.11. The molecule has 2 aliphatic rings. The maximum absolute atomic E-state index is 5.59. The van der Waals surface area contributed by atoms with E-state index in [1.165, 1.54) is 32.4 Å². The summed E-state index contributed by atoms with van der Waals surface area (Å²) >= 11 is 0. The number of nitrogens with zero attached hydrogens (tertiary/aromatic N) is 1. The summed E-state index contributed by atoms with van der Waals surface area (Å²) in [4.78, 5) is 2.59. The Kier molecular flexibility index (Phi) is 5.89. The van der Waals surface area contributed by atoms with E-state index in [-0.39, 0.29) is 0 Å². The van der Waals surface area contributed by atoms with E-state index in [2.05, 4.69) is 17.1 Å². The molecule has 1 heterocycles. The number of hydrogen-bond donors (Lipinski definition) is 1. The van der Waals surface area contributed by atoms with Crippen molar-refractivity contribution in [1.29, 1.82) is 0 Å². The zero-order valence-electron chi connectivity index (χ0n) is 11.9. The number of hydrogen-bond acceptors (Lipinski definition) is 4. The highest BCUT2D eigenvalue weighted by molar-refractivity contribution is 4.91. The minimum absolute atomic E-state index is 0.673. The van der Waals surface area contributed by atoms with Crippen molar-refractivity contribution in [2.24, 2.45) is 5.92 Å². The Balaban J connectivity index is 1.69. The van der Waals surface area contributed by atoms with Gasteiger partial charge in [0.1, 0.15) is 0 Å². The van der Waals surface area contributed by atoms with Gasteiger partial charge in [0.15, 0.2) is 0 Å².